The van der Waals surface area contributed by atoms with Crippen LogP contribution in [0.15, 0.2) is 42.6 Å². The summed E-state index contributed by atoms with van der Waals surface area (Å²) in [4.78, 5) is 15.3. The van der Waals surface area contributed by atoms with Gasteiger partial charge in [0.15, 0.2) is 5.65 Å². The first-order chi connectivity index (χ1) is 9.15. The van der Waals surface area contributed by atoms with Crippen LogP contribution in [0.4, 0.5) is 0 Å². The smallest absolute Gasteiger partial charge is 0.339 e. The predicted octanol–water partition coefficient (Wildman–Crippen LogP) is 2.40. The number of carboxylic acid groups (broad SMARTS) is 1. The van der Waals surface area contributed by atoms with Crippen LogP contribution in [0.3, 0.4) is 0 Å². The molecule has 0 saturated carbocycles. The zero-order valence-corrected chi connectivity index (χ0v) is 10.2. The minimum absolute atomic E-state index is 0.162. The molecule has 0 fully saturated rings. The van der Waals surface area contributed by atoms with E-state index >= 15 is 0 Å². The molecular formula is C14H11N3O2. The summed E-state index contributed by atoms with van der Waals surface area (Å²) in [6.45, 7) is 1.68. The minimum atomic E-state index is -0.997. The van der Waals surface area contributed by atoms with Crippen molar-refractivity contribution < 1.29 is 9.90 Å². The Bertz CT molecular complexity index is 763. The number of hydrogen-bond donors (Lipinski definition) is 1. The van der Waals surface area contributed by atoms with Gasteiger partial charge in [0.1, 0.15) is 0 Å². The molecule has 0 saturated heterocycles. The highest BCUT2D eigenvalue weighted by molar-refractivity contribution is 5.88. The van der Waals surface area contributed by atoms with Crippen LogP contribution < -0.4 is 0 Å². The Hall–Kier alpha value is -2.69. The maximum absolute atomic E-state index is 11.1. The molecule has 5 heteroatoms. The Kier molecular flexibility index (Phi) is 2.52. The van der Waals surface area contributed by atoms with Gasteiger partial charge in [-0.2, -0.15) is 5.10 Å². The van der Waals surface area contributed by atoms with Crippen molar-refractivity contribution in [2.45, 2.75) is 6.92 Å². The molecule has 0 aliphatic heterocycles. The summed E-state index contributed by atoms with van der Waals surface area (Å²) in [5.74, 6) is -0.997. The number of nitrogens with zero attached hydrogens (tertiary/aromatic N) is 3. The van der Waals surface area contributed by atoms with Gasteiger partial charge in [-0.3, -0.25) is 0 Å². The maximum atomic E-state index is 11.1. The summed E-state index contributed by atoms with van der Waals surface area (Å²) in [7, 11) is 0. The topological polar surface area (TPSA) is 67.5 Å². The molecule has 19 heavy (non-hydrogen) atoms. The van der Waals surface area contributed by atoms with Crippen molar-refractivity contribution in [1.29, 1.82) is 0 Å². The Morgan fingerprint density at radius 3 is 2.68 bits per heavy atom. The van der Waals surface area contributed by atoms with Crippen LogP contribution in [0.1, 0.15) is 16.1 Å². The minimum Gasteiger partial charge on any atom is -0.478 e. The first-order valence-electron chi connectivity index (χ1n) is 5.81. The number of rotatable bonds is 2. The molecule has 1 aromatic carbocycles. The number of aryl methyl sites for hydroxylation is 1. The maximum Gasteiger partial charge on any atom is 0.339 e. The number of fused-ring (bicyclic) bond motifs is 1. The number of hydrogen-bond acceptors (Lipinski definition) is 3. The van der Waals surface area contributed by atoms with E-state index in [9.17, 15) is 4.79 Å². The Labute approximate surface area is 109 Å². The van der Waals surface area contributed by atoms with Crippen molar-refractivity contribution >= 4 is 11.6 Å². The van der Waals surface area contributed by atoms with Crippen LogP contribution in [-0.2, 0) is 0 Å². The number of aromatic carboxylic acids is 1. The van der Waals surface area contributed by atoms with Crippen molar-refractivity contribution in [3.8, 4) is 11.3 Å². The molecule has 0 amide bonds. The van der Waals surface area contributed by atoms with Crippen LogP contribution in [-0.4, -0.2) is 25.7 Å². The number of carbonyl (C=O) groups is 1. The van der Waals surface area contributed by atoms with E-state index in [-0.39, 0.29) is 5.56 Å². The first-order valence-corrected chi connectivity index (χ1v) is 5.81. The fraction of sp³-hybridized carbons (Fsp3) is 0.0714. The molecule has 0 atom stereocenters. The highest BCUT2D eigenvalue weighted by atomic mass is 16.4. The second-order valence-corrected chi connectivity index (χ2v) is 4.24. The Balaban J connectivity index is 2.19. The molecule has 3 aromatic rings. The van der Waals surface area contributed by atoms with Crippen LogP contribution in [0.2, 0.25) is 0 Å². The summed E-state index contributed by atoms with van der Waals surface area (Å²) in [5.41, 5.74) is 3.04. The van der Waals surface area contributed by atoms with Gasteiger partial charge < -0.3 is 5.11 Å². The molecule has 0 bridgehead atoms. The third-order valence-electron chi connectivity index (χ3n) is 2.94. The van der Waals surface area contributed by atoms with Crippen molar-refractivity contribution in [1.82, 2.24) is 14.6 Å². The number of aromatic nitrogens is 3. The summed E-state index contributed by atoms with van der Waals surface area (Å²) in [6, 6.07) is 11.5. The lowest BCUT2D eigenvalue weighted by Gasteiger charge is -2.00. The number of carboxylic acids is 1. The van der Waals surface area contributed by atoms with E-state index in [2.05, 4.69) is 10.1 Å². The SMILES string of the molecule is Cc1nc2cc(-c3ccccc3)nn2cc1C(=O)O. The van der Waals surface area contributed by atoms with E-state index in [1.807, 2.05) is 36.4 Å². The monoisotopic (exact) mass is 253 g/mol. The normalized spacial score (nSPS) is 10.8. The fourth-order valence-electron chi connectivity index (χ4n) is 1.97. The molecule has 0 unspecified atom stereocenters. The van der Waals surface area contributed by atoms with Gasteiger partial charge in [-0.25, -0.2) is 14.3 Å². The van der Waals surface area contributed by atoms with E-state index in [0.717, 1.165) is 11.3 Å². The van der Waals surface area contributed by atoms with Gasteiger partial charge in [-0.15, -0.1) is 0 Å². The summed E-state index contributed by atoms with van der Waals surface area (Å²) in [5, 5.41) is 13.4. The lowest BCUT2D eigenvalue weighted by Crippen LogP contribution is -2.05. The molecular weight excluding hydrogens is 242 g/mol. The summed E-state index contributed by atoms with van der Waals surface area (Å²) < 4.78 is 1.50. The van der Waals surface area contributed by atoms with Gasteiger partial charge >= 0.3 is 5.97 Å². The molecule has 0 aliphatic rings. The second-order valence-electron chi connectivity index (χ2n) is 4.24. The van der Waals surface area contributed by atoms with Crippen LogP contribution in [0.25, 0.3) is 16.9 Å². The summed E-state index contributed by atoms with van der Waals surface area (Å²) >= 11 is 0. The highest BCUT2D eigenvalue weighted by Crippen LogP contribution is 2.19. The molecule has 0 radical (unpaired) electrons. The molecule has 2 aromatic heterocycles. The van der Waals surface area contributed by atoms with Gasteiger partial charge in [0.2, 0.25) is 0 Å². The standard InChI is InChI=1S/C14H11N3O2/c1-9-11(14(18)19)8-17-13(15-9)7-12(16-17)10-5-3-2-4-6-10/h2-8H,1H3,(H,18,19). The number of benzene rings is 1. The van der Waals surface area contributed by atoms with Crippen molar-refractivity contribution in [2.24, 2.45) is 0 Å². The van der Waals surface area contributed by atoms with E-state index < -0.39 is 5.97 Å². The van der Waals surface area contributed by atoms with Gasteiger partial charge in [0.25, 0.3) is 0 Å². The fourth-order valence-corrected chi connectivity index (χ4v) is 1.97. The van der Waals surface area contributed by atoms with Crippen LogP contribution in [0, 0.1) is 6.92 Å². The van der Waals surface area contributed by atoms with E-state index in [1.165, 1.54) is 10.7 Å². The zero-order chi connectivity index (χ0) is 13.4. The average Bonchev–Trinajstić information content (AvgIpc) is 2.81. The molecule has 3 rings (SSSR count). The van der Waals surface area contributed by atoms with Crippen molar-refractivity contribution in [2.75, 3.05) is 0 Å². The lowest BCUT2D eigenvalue weighted by atomic mass is 10.2. The quantitative estimate of drug-likeness (QED) is 0.761. The molecule has 1 N–H and O–H groups in total. The largest absolute Gasteiger partial charge is 0.478 e. The van der Waals surface area contributed by atoms with Gasteiger partial charge in [0.05, 0.1) is 17.0 Å². The van der Waals surface area contributed by atoms with Gasteiger partial charge in [0, 0.05) is 17.8 Å². The zero-order valence-electron chi connectivity index (χ0n) is 10.2. The molecule has 0 aliphatic carbocycles. The van der Waals surface area contributed by atoms with Crippen LogP contribution in [0.5, 0.6) is 0 Å². The van der Waals surface area contributed by atoms with Crippen molar-refractivity contribution in [3.63, 3.8) is 0 Å². The highest BCUT2D eigenvalue weighted by Gasteiger charge is 2.12. The molecule has 5 nitrogen and oxygen atoms in total. The molecule has 0 spiro atoms. The summed E-state index contributed by atoms with van der Waals surface area (Å²) in [6.07, 6.45) is 1.49. The lowest BCUT2D eigenvalue weighted by molar-refractivity contribution is 0.0695. The van der Waals surface area contributed by atoms with Gasteiger partial charge in [-0.05, 0) is 6.92 Å². The van der Waals surface area contributed by atoms with E-state index in [0.29, 0.717) is 11.3 Å². The predicted molar refractivity (Wildman–Crippen MR) is 70.1 cm³/mol. The van der Waals surface area contributed by atoms with E-state index in [4.69, 9.17) is 5.11 Å². The Morgan fingerprint density at radius 1 is 1.26 bits per heavy atom. The first kappa shape index (κ1) is 11.4. The average molecular weight is 253 g/mol. The third kappa shape index (κ3) is 1.95. The van der Waals surface area contributed by atoms with E-state index in [1.54, 1.807) is 6.92 Å². The van der Waals surface area contributed by atoms with Gasteiger partial charge in [-0.1, -0.05) is 30.3 Å². The molecule has 2 heterocycles. The Morgan fingerprint density at radius 2 is 2.00 bits per heavy atom. The van der Waals surface area contributed by atoms with Crippen molar-refractivity contribution in [3.05, 3.63) is 53.9 Å². The van der Waals surface area contributed by atoms with Crippen LogP contribution >= 0.6 is 0 Å². The second kappa shape index (κ2) is 4.20. The third-order valence-corrected chi connectivity index (χ3v) is 2.94. The molecule has 94 valence electrons.